The van der Waals surface area contributed by atoms with Crippen LogP contribution in [0.15, 0.2) is 0 Å². The number of carbonyl (C=O) groups is 2. The van der Waals surface area contributed by atoms with Crippen molar-refractivity contribution in [2.45, 2.75) is 46.6 Å². The SMILES string of the molecule is CCOC(=O)C(CC)C(=O)OC(C)CC. The maximum atomic E-state index is 11.5. The van der Waals surface area contributed by atoms with Crippen LogP contribution in [0.2, 0.25) is 0 Å². The molecule has 2 atom stereocenters. The molecule has 88 valence electrons. The van der Waals surface area contributed by atoms with E-state index >= 15 is 0 Å². The van der Waals surface area contributed by atoms with Crippen LogP contribution in [0.3, 0.4) is 0 Å². The Morgan fingerprint density at radius 2 is 1.67 bits per heavy atom. The molecular weight excluding hydrogens is 196 g/mol. The molecular formula is C11H20O4. The first-order valence-electron chi connectivity index (χ1n) is 5.43. The highest BCUT2D eigenvalue weighted by Gasteiger charge is 2.28. The first-order valence-corrected chi connectivity index (χ1v) is 5.43. The predicted molar refractivity (Wildman–Crippen MR) is 56.3 cm³/mol. The number of rotatable bonds is 6. The molecule has 0 radical (unpaired) electrons. The number of ether oxygens (including phenoxy) is 2. The molecule has 0 saturated carbocycles. The molecule has 4 nitrogen and oxygen atoms in total. The molecule has 2 unspecified atom stereocenters. The van der Waals surface area contributed by atoms with Crippen molar-refractivity contribution in [3.05, 3.63) is 0 Å². The Morgan fingerprint density at radius 3 is 2.07 bits per heavy atom. The van der Waals surface area contributed by atoms with Gasteiger partial charge in [0.15, 0.2) is 5.92 Å². The molecule has 0 aromatic heterocycles. The molecule has 0 aliphatic carbocycles. The van der Waals surface area contributed by atoms with Crippen LogP contribution in [0.5, 0.6) is 0 Å². The third-order valence-corrected chi connectivity index (χ3v) is 2.16. The fourth-order valence-electron chi connectivity index (χ4n) is 1.04. The molecule has 0 heterocycles. The zero-order valence-corrected chi connectivity index (χ0v) is 9.91. The Bertz CT molecular complexity index is 213. The maximum Gasteiger partial charge on any atom is 0.320 e. The summed E-state index contributed by atoms with van der Waals surface area (Å²) in [6.45, 7) is 7.48. The molecule has 0 aromatic rings. The summed E-state index contributed by atoms with van der Waals surface area (Å²) < 4.78 is 9.87. The van der Waals surface area contributed by atoms with E-state index in [0.29, 0.717) is 6.42 Å². The highest BCUT2D eigenvalue weighted by Crippen LogP contribution is 2.10. The van der Waals surface area contributed by atoms with E-state index in [1.54, 1.807) is 20.8 Å². The van der Waals surface area contributed by atoms with Crippen LogP contribution in [0.1, 0.15) is 40.5 Å². The van der Waals surface area contributed by atoms with E-state index in [4.69, 9.17) is 9.47 Å². The second-order valence-electron chi connectivity index (χ2n) is 3.37. The van der Waals surface area contributed by atoms with Crippen molar-refractivity contribution in [3.8, 4) is 0 Å². The molecule has 0 aliphatic rings. The highest BCUT2D eigenvalue weighted by atomic mass is 16.6. The summed E-state index contributed by atoms with van der Waals surface area (Å²) in [4.78, 5) is 22.9. The first kappa shape index (κ1) is 13.9. The Morgan fingerprint density at radius 1 is 1.07 bits per heavy atom. The number of carbonyl (C=O) groups excluding carboxylic acids is 2. The van der Waals surface area contributed by atoms with Gasteiger partial charge in [0.1, 0.15) is 0 Å². The largest absolute Gasteiger partial charge is 0.465 e. The van der Waals surface area contributed by atoms with E-state index in [1.165, 1.54) is 0 Å². The lowest BCUT2D eigenvalue weighted by molar-refractivity contribution is -0.164. The Labute approximate surface area is 90.9 Å². The van der Waals surface area contributed by atoms with Gasteiger partial charge in [-0.1, -0.05) is 13.8 Å². The summed E-state index contributed by atoms with van der Waals surface area (Å²) in [6, 6.07) is 0. The van der Waals surface area contributed by atoms with E-state index in [2.05, 4.69) is 0 Å². The summed E-state index contributed by atoms with van der Waals surface area (Å²) >= 11 is 0. The number of esters is 2. The summed E-state index contributed by atoms with van der Waals surface area (Å²) in [5, 5.41) is 0. The van der Waals surface area contributed by atoms with E-state index in [0.717, 1.165) is 6.42 Å². The van der Waals surface area contributed by atoms with Crippen LogP contribution in [0.25, 0.3) is 0 Å². The molecule has 0 aliphatic heterocycles. The molecule has 0 N–H and O–H groups in total. The zero-order chi connectivity index (χ0) is 11.8. The molecule has 0 rings (SSSR count). The topological polar surface area (TPSA) is 52.6 Å². The predicted octanol–water partition coefficient (Wildman–Crippen LogP) is 1.92. The van der Waals surface area contributed by atoms with Crippen LogP contribution >= 0.6 is 0 Å². The van der Waals surface area contributed by atoms with Crippen molar-refractivity contribution in [1.82, 2.24) is 0 Å². The second kappa shape index (κ2) is 7.26. The van der Waals surface area contributed by atoms with Crippen LogP contribution in [-0.2, 0) is 19.1 Å². The van der Waals surface area contributed by atoms with Crippen molar-refractivity contribution >= 4 is 11.9 Å². The standard InChI is InChI=1S/C11H20O4/c1-5-8(4)15-11(13)9(6-2)10(12)14-7-3/h8-9H,5-7H2,1-4H3. The van der Waals surface area contributed by atoms with Gasteiger partial charge in [-0.05, 0) is 26.7 Å². The van der Waals surface area contributed by atoms with Gasteiger partial charge in [0.2, 0.25) is 0 Å². The molecule has 4 heteroatoms. The minimum atomic E-state index is -0.779. The monoisotopic (exact) mass is 216 g/mol. The average Bonchev–Trinajstić information content (AvgIpc) is 2.19. The molecule has 0 saturated heterocycles. The minimum absolute atomic E-state index is 0.152. The quantitative estimate of drug-likeness (QED) is 0.503. The number of hydrogen-bond acceptors (Lipinski definition) is 4. The molecule has 0 fully saturated rings. The molecule has 0 aromatic carbocycles. The fourth-order valence-corrected chi connectivity index (χ4v) is 1.04. The lowest BCUT2D eigenvalue weighted by Gasteiger charge is -2.16. The molecule has 0 bridgehead atoms. The van der Waals surface area contributed by atoms with Crippen molar-refractivity contribution in [2.24, 2.45) is 5.92 Å². The third kappa shape index (κ3) is 4.81. The summed E-state index contributed by atoms with van der Waals surface area (Å²) in [5.41, 5.74) is 0. The van der Waals surface area contributed by atoms with Gasteiger partial charge < -0.3 is 9.47 Å². The normalized spacial score (nSPS) is 14.1. The smallest absolute Gasteiger partial charge is 0.320 e. The Balaban J connectivity index is 4.27. The van der Waals surface area contributed by atoms with Gasteiger partial charge >= 0.3 is 11.9 Å². The van der Waals surface area contributed by atoms with Gasteiger partial charge in [0.25, 0.3) is 0 Å². The van der Waals surface area contributed by atoms with Gasteiger partial charge in [0, 0.05) is 0 Å². The fraction of sp³-hybridized carbons (Fsp3) is 0.818. The van der Waals surface area contributed by atoms with Gasteiger partial charge in [0.05, 0.1) is 12.7 Å². The summed E-state index contributed by atoms with van der Waals surface area (Å²) in [5.74, 6) is -1.75. The number of hydrogen-bond donors (Lipinski definition) is 0. The van der Waals surface area contributed by atoms with Crippen molar-refractivity contribution < 1.29 is 19.1 Å². The second-order valence-corrected chi connectivity index (χ2v) is 3.37. The van der Waals surface area contributed by atoms with Crippen molar-refractivity contribution in [1.29, 1.82) is 0 Å². The van der Waals surface area contributed by atoms with Crippen LogP contribution < -0.4 is 0 Å². The van der Waals surface area contributed by atoms with E-state index < -0.39 is 17.9 Å². The summed E-state index contributed by atoms with van der Waals surface area (Å²) in [7, 11) is 0. The van der Waals surface area contributed by atoms with Gasteiger partial charge in [-0.25, -0.2) is 0 Å². The van der Waals surface area contributed by atoms with Crippen LogP contribution in [0, 0.1) is 5.92 Å². The third-order valence-electron chi connectivity index (χ3n) is 2.16. The van der Waals surface area contributed by atoms with Gasteiger partial charge in [-0.2, -0.15) is 0 Å². The highest BCUT2D eigenvalue weighted by molar-refractivity contribution is 5.94. The van der Waals surface area contributed by atoms with Crippen molar-refractivity contribution in [3.63, 3.8) is 0 Å². The van der Waals surface area contributed by atoms with E-state index in [-0.39, 0.29) is 12.7 Å². The average molecular weight is 216 g/mol. The molecule has 0 amide bonds. The van der Waals surface area contributed by atoms with Gasteiger partial charge in [-0.3, -0.25) is 9.59 Å². The Hall–Kier alpha value is -1.06. The molecule has 0 spiro atoms. The maximum absolute atomic E-state index is 11.5. The lowest BCUT2D eigenvalue weighted by atomic mass is 10.1. The molecule has 15 heavy (non-hydrogen) atoms. The van der Waals surface area contributed by atoms with Gasteiger partial charge in [-0.15, -0.1) is 0 Å². The van der Waals surface area contributed by atoms with E-state index in [9.17, 15) is 9.59 Å². The van der Waals surface area contributed by atoms with Crippen molar-refractivity contribution in [2.75, 3.05) is 6.61 Å². The zero-order valence-electron chi connectivity index (χ0n) is 9.91. The summed E-state index contributed by atoms with van der Waals surface area (Å²) in [6.07, 6.45) is 1.00. The Kier molecular flexibility index (Phi) is 6.75. The lowest BCUT2D eigenvalue weighted by Crippen LogP contribution is -2.29. The minimum Gasteiger partial charge on any atom is -0.465 e. The first-order chi connectivity index (χ1) is 7.06. The van der Waals surface area contributed by atoms with Crippen LogP contribution in [0.4, 0.5) is 0 Å². The van der Waals surface area contributed by atoms with E-state index in [1.807, 2.05) is 6.92 Å². The van der Waals surface area contributed by atoms with Crippen LogP contribution in [-0.4, -0.2) is 24.6 Å².